The minimum atomic E-state index is -1.10. The van der Waals surface area contributed by atoms with E-state index in [0.717, 1.165) is 6.07 Å². The van der Waals surface area contributed by atoms with Gasteiger partial charge in [0, 0.05) is 18.7 Å². The molecular formula is C15H12F2O3. The molecule has 0 fully saturated rings. The standard InChI is InChI=1S/C15H12F2O3/c1-20-14(15(18)19)10-4-2-9(3-5-10)12-7-6-11(16)8-13(12)17/h2-8,14H,1H3,(H,18,19). The highest BCUT2D eigenvalue weighted by atomic mass is 19.1. The van der Waals surface area contributed by atoms with Crippen molar-refractivity contribution in [2.24, 2.45) is 0 Å². The summed E-state index contributed by atoms with van der Waals surface area (Å²) >= 11 is 0. The topological polar surface area (TPSA) is 46.5 Å². The lowest BCUT2D eigenvalue weighted by molar-refractivity contribution is -0.148. The molecule has 1 N–H and O–H groups in total. The molecule has 104 valence electrons. The summed E-state index contributed by atoms with van der Waals surface area (Å²) in [4.78, 5) is 11.0. The van der Waals surface area contributed by atoms with Gasteiger partial charge in [0.25, 0.3) is 0 Å². The van der Waals surface area contributed by atoms with Gasteiger partial charge in [0.2, 0.25) is 0 Å². The predicted molar refractivity (Wildman–Crippen MR) is 69.2 cm³/mol. The van der Waals surface area contributed by atoms with Crippen LogP contribution in [-0.4, -0.2) is 18.2 Å². The summed E-state index contributed by atoms with van der Waals surface area (Å²) in [6, 6.07) is 9.53. The van der Waals surface area contributed by atoms with Gasteiger partial charge in [-0.05, 0) is 23.3 Å². The number of methoxy groups -OCH3 is 1. The first-order valence-corrected chi connectivity index (χ1v) is 5.84. The highest BCUT2D eigenvalue weighted by Crippen LogP contribution is 2.26. The molecular weight excluding hydrogens is 266 g/mol. The van der Waals surface area contributed by atoms with E-state index in [1.807, 2.05) is 0 Å². The van der Waals surface area contributed by atoms with Crippen LogP contribution in [-0.2, 0) is 9.53 Å². The monoisotopic (exact) mass is 278 g/mol. The quantitative estimate of drug-likeness (QED) is 0.932. The minimum absolute atomic E-state index is 0.252. The molecule has 2 aromatic carbocycles. The zero-order valence-electron chi connectivity index (χ0n) is 10.6. The summed E-state index contributed by atoms with van der Waals surface area (Å²) in [5.74, 6) is -2.42. The lowest BCUT2D eigenvalue weighted by atomic mass is 10.0. The lowest BCUT2D eigenvalue weighted by Gasteiger charge is -2.11. The average molecular weight is 278 g/mol. The number of hydrogen-bond donors (Lipinski definition) is 1. The molecule has 0 saturated carbocycles. The van der Waals surface area contributed by atoms with Crippen molar-refractivity contribution in [3.05, 3.63) is 59.7 Å². The van der Waals surface area contributed by atoms with E-state index < -0.39 is 23.7 Å². The van der Waals surface area contributed by atoms with E-state index in [1.54, 1.807) is 24.3 Å². The molecule has 1 atom stereocenters. The van der Waals surface area contributed by atoms with Crippen LogP contribution in [0.4, 0.5) is 8.78 Å². The fourth-order valence-electron chi connectivity index (χ4n) is 1.94. The van der Waals surface area contributed by atoms with Crippen molar-refractivity contribution in [1.82, 2.24) is 0 Å². The van der Waals surface area contributed by atoms with Gasteiger partial charge in [0.15, 0.2) is 6.10 Å². The van der Waals surface area contributed by atoms with Crippen LogP contribution in [0.15, 0.2) is 42.5 Å². The average Bonchev–Trinajstić information content (AvgIpc) is 2.40. The summed E-state index contributed by atoms with van der Waals surface area (Å²) in [7, 11) is 1.30. The number of halogens is 2. The Morgan fingerprint density at radius 3 is 2.30 bits per heavy atom. The zero-order valence-corrected chi connectivity index (χ0v) is 10.6. The maximum absolute atomic E-state index is 13.6. The number of benzene rings is 2. The first kappa shape index (κ1) is 14.1. The Morgan fingerprint density at radius 2 is 1.80 bits per heavy atom. The Morgan fingerprint density at radius 1 is 1.15 bits per heavy atom. The van der Waals surface area contributed by atoms with Crippen molar-refractivity contribution in [1.29, 1.82) is 0 Å². The lowest BCUT2D eigenvalue weighted by Crippen LogP contribution is -2.13. The van der Waals surface area contributed by atoms with Crippen molar-refractivity contribution in [3.8, 4) is 11.1 Å². The van der Waals surface area contributed by atoms with Gasteiger partial charge in [-0.15, -0.1) is 0 Å². The molecule has 0 aliphatic carbocycles. The second-order valence-corrected chi connectivity index (χ2v) is 4.20. The molecule has 2 rings (SSSR count). The first-order chi connectivity index (χ1) is 9.52. The van der Waals surface area contributed by atoms with Gasteiger partial charge in [0.05, 0.1) is 0 Å². The Kier molecular flexibility index (Phi) is 4.10. The second-order valence-electron chi connectivity index (χ2n) is 4.20. The van der Waals surface area contributed by atoms with Crippen LogP contribution < -0.4 is 0 Å². The third-order valence-electron chi connectivity index (χ3n) is 2.92. The molecule has 0 radical (unpaired) electrons. The largest absolute Gasteiger partial charge is 0.479 e. The van der Waals surface area contributed by atoms with Crippen molar-refractivity contribution >= 4 is 5.97 Å². The highest BCUT2D eigenvalue weighted by Gasteiger charge is 2.18. The predicted octanol–water partition coefficient (Wildman–Crippen LogP) is 3.40. The smallest absolute Gasteiger partial charge is 0.337 e. The number of hydrogen-bond acceptors (Lipinski definition) is 2. The van der Waals surface area contributed by atoms with E-state index in [-0.39, 0.29) is 5.56 Å². The molecule has 5 heteroatoms. The fraction of sp³-hybridized carbons (Fsp3) is 0.133. The summed E-state index contributed by atoms with van der Waals surface area (Å²) in [6.07, 6.45) is -1.07. The van der Waals surface area contributed by atoms with Crippen LogP contribution in [0.25, 0.3) is 11.1 Å². The number of carboxylic acids is 1. The van der Waals surface area contributed by atoms with E-state index in [9.17, 15) is 13.6 Å². The maximum Gasteiger partial charge on any atom is 0.337 e. The van der Waals surface area contributed by atoms with Crippen LogP contribution in [0.5, 0.6) is 0 Å². The van der Waals surface area contributed by atoms with Crippen molar-refractivity contribution < 1.29 is 23.4 Å². The van der Waals surface area contributed by atoms with Gasteiger partial charge in [-0.3, -0.25) is 0 Å². The van der Waals surface area contributed by atoms with Gasteiger partial charge in [0.1, 0.15) is 11.6 Å². The molecule has 0 saturated heterocycles. The SMILES string of the molecule is COC(C(=O)O)c1ccc(-c2ccc(F)cc2F)cc1. The molecule has 3 nitrogen and oxygen atoms in total. The van der Waals surface area contributed by atoms with Crippen LogP contribution in [0.1, 0.15) is 11.7 Å². The van der Waals surface area contributed by atoms with Gasteiger partial charge < -0.3 is 9.84 Å². The highest BCUT2D eigenvalue weighted by molar-refractivity contribution is 5.75. The summed E-state index contributed by atoms with van der Waals surface area (Å²) in [5.41, 5.74) is 1.24. The molecule has 0 heterocycles. The molecule has 1 unspecified atom stereocenters. The summed E-state index contributed by atoms with van der Waals surface area (Å²) in [6.45, 7) is 0. The van der Waals surface area contributed by atoms with Crippen LogP contribution in [0.2, 0.25) is 0 Å². The molecule has 2 aromatic rings. The molecule has 0 bridgehead atoms. The maximum atomic E-state index is 13.6. The van der Waals surface area contributed by atoms with E-state index in [1.165, 1.54) is 19.2 Å². The Labute approximate surface area is 114 Å². The van der Waals surface area contributed by atoms with Crippen molar-refractivity contribution in [2.75, 3.05) is 7.11 Å². The Bertz CT molecular complexity index is 624. The van der Waals surface area contributed by atoms with Crippen molar-refractivity contribution in [2.45, 2.75) is 6.10 Å². The van der Waals surface area contributed by atoms with Crippen LogP contribution in [0, 0.1) is 11.6 Å². The number of carbonyl (C=O) groups is 1. The number of ether oxygens (including phenoxy) is 1. The minimum Gasteiger partial charge on any atom is -0.479 e. The van der Waals surface area contributed by atoms with E-state index in [2.05, 4.69) is 0 Å². The number of aliphatic carboxylic acids is 1. The first-order valence-electron chi connectivity index (χ1n) is 5.84. The van der Waals surface area contributed by atoms with Gasteiger partial charge >= 0.3 is 5.97 Å². The Balaban J connectivity index is 2.34. The van der Waals surface area contributed by atoms with Gasteiger partial charge in [-0.25, -0.2) is 13.6 Å². The van der Waals surface area contributed by atoms with Crippen molar-refractivity contribution in [3.63, 3.8) is 0 Å². The second kappa shape index (κ2) is 5.79. The molecule has 0 aliphatic rings. The van der Waals surface area contributed by atoms with E-state index >= 15 is 0 Å². The van der Waals surface area contributed by atoms with Gasteiger partial charge in [-0.2, -0.15) is 0 Å². The molecule has 0 aromatic heterocycles. The zero-order chi connectivity index (χ0) is 14.7. The molecule has 0 aliphatic heterocycles. The molecule has 0 amide bonds. The summed E-state index contributed by atoms with van der Waals surface area (Å²) in [5, 5.41) is 8.96. The molecule has 0 spiro atoms. The number of carboxylic acid groups (broad SMARTS) is 1. The third kappa shape index (κ3) is 2.83. The normalized spacial score (nSPS) is 12.2. The van der Waals surface area contributed by atoms with E-state index in [4.69, 9.17) is 9.84 Å². The number of rotatable bonds is 4. The third-order valence-corrected chi connectivity index (χ3v) is 2.92. The fourth-order valence-corrected chi connectivity index (χ4v) is 1.94. The molecule has 20 heavy (non-hydrogen) atoms. The van der Waals surface area contributed by atoms with Gasteiger partial charge in [-0.1, -0.05) is 24.3 Å². The van der Waals surface area contributed by atoms with Crippen LogP contribution in [0.3, 0.4) is 0 Å². The Hall–Kier alpha value is -2.27. The van der Waals surface area contributed by atoms with E-state index in [0.29, 0.717) is 11.1 Å². The van der Waals surface area contributed by atoms with Crippen LogP contribution >= 0.6 is 0 Å². The summed E-state index contributed by atoms with van der Waals surface area (Å²) < 4.78 is 31.3.